The SMILES string of the molecule is COC(=O)C(NC1CCCCC1)c1ccc(C)c(F)c1. The Labute approximate surface area is 119 Å². The van der Waals surface area contributed by atoms with E-state index in [4.69, 9.17) is 4.74 Å². The van der Waals surface area contributed by atoms with Gasteiger partial charge in [-0.25, -0.2) is 9.18 Å². The number of hydrogen-bond donors (Lipinski definition) is 1. The first-order chi connectivity index (χ1) is 9.61. The van der Waals surface area contributed by atoms with Crippen LogP contribution in [-0.2, 0) is 9.53 Å². The van der Waals surface area contributed by atoms with Gasteiger partial charge in [0.2, 0.25) is 0 Å². The van der Waals surface area contributed by atoms with Crippen molar-refractivity contribution < 1.29 is 13.9 Å². The summed E-state index contributed by atoms with van der Waals surface area (Å²) in [6.45, 7) is 1.71. The van der Waals surface area contributed by atoms with Gasteiger partial charge in [-0.2, -0.15) is 0 Å². The molecule has 1 N–H and O–H groups in total. The van der Waals surface area contributed by atoms with Crippen molar-refractivity contribution in [1.82, 2.24) is 5.32 Å². The molecule has 0 aromatic heterocycles. The molecular formula is C16H22FNO2. The van der Waals surface area contributed by atoms with Crippen LogP contribution in [0.15, 0.2) is 18.2 Å². The van der Waals surface area contributed by atoms with Crippen LogP contribution in [0.3, 0.4) is 0 Å². The maximum Gasteiger partial charge on any atom is 0.327 e. The highest BCUT2D eigenvalue weighted by Gasteiger charge is 2.26. The van der Waals surface area contributed by atoms with Gasteiger partial charge in [0.15, 0.2) is 0 Å². The van der Waals surface area contributed by atoms with Gasteiger partial charge in [0.25, 0.3) is 0 Å². The molecule has 0 amide bonds. The maximum atomic E-state index is 13.7. The monoisotopic (exact) mass is 279 g/mol. The van der Waals surface area contributed by atoms with Crippen LogP contribution >= 0.6 is 0 Å². The van der Waals surface area contributed by atoms with Gasteiger partial charge in [0.1, 0.15) is 11.9 Å². The molecule has 2 rings (SSSR count). The average Bonchev–Trinajstić information content (AvgIpc) is 2.48. The largest absolute Gasteiger partial charge is 0.468 e. The van der Waals surface area contributed by atoms with Crippen molar-refractivity contribution in [1.29, 1.82) is 0 Å². The molecule has 1 unspecified atom stereocenters. The summed E-state index contributed by atoms with van der Waals surface area (Å²) in [5.74, 6) is -0.652. The van der Waals surface area contributed by atoms with Crippen molar-refractivity contribution in [3.8, 4) is 0 Å². The van der Waals surface area contributed by atoms with Crippen molar-refractivity contribution >= 4 is 5.97 Å². The molecule has 3 nitrogen and oxygen atoms in total. The minimum Gasteiger partial charge on any atom is -0.468 e. The molecule has 1 aromatic rings. The van der Waals surface area contributed by atoms with E-state index in [1.54, 1.807) is 19.1 Å². The van der Waals surface area contributed by atoms with Crippen LogP contribution in [0.5, 0.6) is 0 Å². The van der Waals surface area contributed by atoms with Gasteiger partial charge < -0.3 is 4.74 Å². The summed E-state index contributed by atoms with van der Waals surface area (Å²) in [6.07, 6.45) is 5.71. The second kappa shape index (κ2) is 6.84. The molecule has 1 aromatic carbocycles. The van der Waals surface area contributed by atoms with Gasteiger partial charge in [-0.05, 0) is 37.0 Å². The van der Waals surface area contributed by atoms with Crippen molar-refractivity contribution in [3.05, 3.63) is 35.1 Å². The first-order valence-corrected chi connectivity index (χ1v) is 7.21. The van der Waals surface area contributed by atoms with E-state index in [0.29, 0.717) is 17.2 Å². The molecule has 1 atom stereocenters. The number of methoxy groups -OCH3 is 1. The Balaban J connectivity index is 2.17. The highest BCUT2D eigenvalue weighted by atomic mass is 19.1. The minimum absolute atomic E-state index is 0.290. The molecule has 0 spiro atoms. The molecule has 0 heterocycles. The third-order valence-electron chi connectivity index (χ3n) is 3.97. The number of halogens is 1. The number of rotatable bonds is 4. The molecule has 110 valence electrons. The van der Waals surface area contributed by atoms with Gasteiger partial charge in [-0.1, -0.05) is 31.4 Å². The number of esters is 1. The molecule has 0 aliphatic heterocycles. The van der Waals surface area contributed by atoms with Crippen molar-refractivity contribution in [2.75, 3.05) is 7.11 Å². The number of benzene rings is 1. The lowest BCUT2D eigenvalue weighted by atomic mass is 9.94. The summed E-state index contributed by atoms with van der Waals surface area (Å²) in [6, 6.07) is 4.63. The molecule has 1 saturated carbocycles. The molecule has 1 aliphatic rings. The second-order valence-electron chi connectivity index (χ2n) is 5.47. The van der Waals surface area contributed by atoms with Gasteiger partial charge in [0.05, 0.1) is 7.11 Å². The zero-order valence-corrected chi connectivity index (χ0v) is 12.1. The number of hydrogen-bond acceptors (Lipinski definition) is 3. The number of carbonyl (C=O) groups is 1. The molecule has 1 aliphatic carbocycles. The first-order valence-electron chi connectivity index (χ1n) is 7.21. The topological polar surface area (TPSA) is 38.3 Å². The second-order valence-corrected chi connectivity index (χ2v) is 5.47. The summed E-state index contributed by atoms with van der Waals surface area (Å²) >= 11 is 0. The van der Waals surface area contributed by atoms with Gasteiger partial charge in [-0.15, -0.1) is 0 Å². The third kappa shape index (κ3) is 3.57. The van der Waals surface area contributed by atoms with E-state index in [2.05, 4.69) is 5.32 Å². The van der Waals surface area contributed by atoms with Crippen LogP contribution in [0.4, 0.5) is 4.39 Å². The number of nitrogens with one attached hydrogen (secondary N) is 1. The molecular weight excluding hydrogens is 257 g/mol. The Morgan fingerprint density at radius 3 is 2.65 bits per heavy atom. The van der Waals surface area contributed by atoms with Gasteiger partial charge in [0, 0.05) is 6.04 Å². The fourth-order valence-electron chi connectivity index (χ4n) is 2.71. The molecule has 0 saturated heterocycles. The third-order valence-corrected chi connectivity index (χ3v) is 3.97. The van der Waals surface area contributed by atoms with Crippen LogP contribution in [0.1, 0.15) is 49.3 Å². The summed E-state index contributed by atoms with van der Waals surface area (Å²) < 4.78 is 18.6. The van der Waals surface area contributed by atoms with E-state index in [9.17, 15) is 9.18 Å². The van der Waals surface area contributed by atoms with E-state index in [-0.39, 0.29) is 11.8 Å². The fourth-order valence-corrected chi connectivity index (χ4v) is 2.71. The Morgan fingerprint density at radius 1 is 1.35 bits per heavy atom. The van der Waals surface area contributed by atoms with Gasteiger partial charge >= 0.3 is 5.97 Å². The Hall–Kier alpha value is -1.42. The number of carbonyl (C=O) groups excluding carboxylic acids is 1. The fraction of sp³-hybridized carbons (Fsp3) is 0.562. The molecule has 0 radical (unpaired) electrons. The Kier molecular flexibility index (Phi) is 5.12. The van der Waals surface area contributed by atoms with Crippen molar-refractivity contribution in [2.45, 2.75) is 51.1 Å². The summed E-state index contributed by atoms with van der Waals surface area (Å²) in [7, 11) is 1.36. The lowest BCUT2D eigenvalue weighted by Crippen LogP contribution is -2.38. The Morgan fingerprint density at radius 2 is 2.05 bits per heavy atom. The van der Waals surface area contributed by atoms with Crippen LogP contribution in [0.2, 0.25) is 0 Å². The lowest BCUT2D eigenvalue weighted by Gasteiger charge is -2.27. The van der Waals surface area contributed by atoms with E-state index < -0.39 is 6.04 Å². The summed E-state index contributed by atoms with van der Waals surface area (Å²) in [5.41, 5.74) is 1.21. The minimum atomic E-state index is -0.585. The van der Waals surface area contributed by atoms with Crippen LogP contribution in [-0.4, -0.2) is 19.1 Å². The Bertz CT molecular complexity index is 470. The summed E-state index contributed by atoms with van der Waals surface area (Å²) in [4.78, 5) is 12.0. The van der Waals surface area contributed by atoms with Crippen LogP contribution in [0.25, 0.3) is 0 Å². The van der Waals surface area contributed by atoms with Crippen molar-refractivity contribution in [3.63, 3.8) is 0 Å². The lowest BCUT2D eigenvalue weighted by molar-refractivity contribution is -0.143. The predicted molar refractivity (Wildman–Crippen MR) is 75.9 cm³/mol. The van der Waals surface area contributed by atoms with Gasteiger partial charge in [-0.3, -0.25) is 5.32 Å². The highest BCUT2D eigenvalue weighted by Crippen LogP contribution is 2.23. The number of aryl methyl sites for hydroxylation is 1. The first kappa shape index (κ1) is 15.0. The van der Waals surface area contributed by atoms with Crippen molar-refractivity contribution in [2.24, 2.45) is 0 Å². The van der Waals surface area contributed by atoms with E-state index in [0.717, 1.165) is 12.8 Å². The molecule has 4 heteroatoms. The zero-order chi connectivity index (χ0) is 14.5. The average molecular weight is 279 g/mol. The normalized spacial score (nSPS) is 17.8. The van der Waals surface area contributed by atoms with E-state index >= 15 is 0 Å². The standard InChI is InChI=1S/C16H22FNO2/c1-11-8-9-12(10-14(11)17)15(16(19)20-2)18-13-6-4-3-5-7-13/h8-10,13,15,18H,3-7H2,1-2H3. The highest BCUT2D eigenvalue weighted by molar-refractivity contribution is 5.77. The molecule has 0 bridgehead atoms. The van der Waals surface area contributed by atoms with Crippen LogP contribution < -0.4 is 5.32 Å². The van der Waals surface area contributed by atoms with E-state index in [1.807, 2.05) is 0 Å². The van der Waals surface area contributed by atoms with Crippen LogP contribution in [0, 0.1) is 12.7 Å². The smallest absolute Gasteiger partial charge is 0.327 e. The quantitative estimate of drug-likeness (QED) is 0.860. The molecule has 20 heavy (non-hydrogen) atoms. The zero-order valence-electron chi connectivity index (χ0n) is 12.1. The predicted octanol–water partition coefficient (Wildman–Crippen LogP) is 3.27. The number of ether oxygens (including phenoxy) is 1. The van der Waals surface area contributed by atoms with E-state index in [1.165, 1.54) is 32.4 Å². The molecule has 1 fully saturated rings. The summed E-state index contributed by atoms with van der Waals surface area (Å²) in [5, 5.41) is 3.33. The maximum absolute atomic E-state index is 13.7.